The molecular formula is C13H17BrFNO2. The molecule has 1 aromatic rings. The van der Waals surface area contributed by atoms with Gasteiger partial charge in [0.1, 0.15) is 5.82 Å². The van der Waals surface area contributed by atoms with Gasteiger partial charge in [0.25, 0.3) is 5.91 Å². The number of halogens is 2. The van der Waals surface area contributed by atoms with E-state index in [-0.39, 0.29) is 18.6 Å². The van der Waals surface area contributed by atoms with Crippen LogP contribution in [0.15, 0.2) is 22.7 Å². The van der Waals surface area contributed by atoms with Crippen molar-refractivity contribution in [3.8, 4) is 0 Å². The summed E-state index contributed by atoms with van der Waals surface area (Å²) in [6.45, 7) is 4.27. The van der Waals surface area contributed by atoms with Crippen LogP contribution in [0.5, 0.6) is 0 Å². The maximum atomic E-state index is 13.2. The lowest BCUT2D eigenvalue weighted by atomic mass is 10.1. The second-order valence-electron chi connectivity index (χ2n) is 4.29. The molecule has 0 aliphatic heterocycles. The monoisotopic (exact) mass is 317 g/mol. The molecule has 1 aromatic carbocycles. The Balaban J connectivity index is 2.98. The fourth-order valence-electron chi connectivity index (χ4n) is 1.65. The molecule has 1 N–H and O–H groups in total. The topological polar surface area (TPSA) is 40.5 Å². The molecule has 18 heavy (non-hydrogen) atoms. The molecule has 0 spiro atoms. The van der Waals surface area contributed by atoms with E-state index in [1.807, 2.05) is 13.8 Å². The molecule has 0 aromatic heterocycles. The third-order valence-corrected chi connectivity index (χ3v) is 3.29. The van der Waals surface area contributed by atoms with Crippen molar-refractivity contribution in [3.63, 3.8) is 0 Å². The molecule has 0 unspecified atom stereocenters. The SMILES string of the molecule is CC(C)N(CCCO)C(=O)c1cc(F)ccc1Br. The van der Waals surface area contributed by atoms with E-state index in [9.17, 15) is 9.18 Å². The minimum absolute atomic E-state index is 0.000725. The summed E-state index contributed by atoms with van der Waals surface area (Å²) in [5.41, 5.74) is 0.307. The molecule has 100 valence electrons. The average molecular weight is 318 g/mol. The second-order valence-corrected chi connectivity index (χ2v) is 5.15. The summed E-state index contributed by atoms with van der Waals surface area (Å²) in [5.74, 6) is -0.669. The molecule has 0 bridgehead atoms. The smallest absolute Gasteiger partial charge is 0.255 e. The highest BCUT2D eigenvalue weighted by atomic mass is 79.9. The number of nitrogens with zero attached hydrogens (tertiary/aromatic N) is 1. The minimum atomic E-state index is -0.438. The van der Waals surface area contributed by atoms with Crippen molar-refractivity contribution in [2.75, 3.05) is 13.2 Å². The van der Waals surface area contributed by atoms with E-state index in [0.29, 0.717) is 23.0 Å². The maximum Gasteiger partial charge on any atom is 0.255 e. The molecule has 0 saturated heterocycles. The summed E-state index contributed by atoms with van der Waals surface area (Å²) < 4.78 is 13.8. The molecule has 5 heteroatoms. The summed E-state index contributed by atoms with van der Waals surface area (Å²) in [4.78, 5) is 13.9. The number of carbonyl (C=O) groups excluding carboxylic acids is 1. The summed E-state index contributed by atoms with van der Waals surface area (Å²) in [6, 6.07) is 4.04. The van der Waals surface area contributed by atoms with Crippen molar-refractivity contribution in [3.05, 3.63) is 34.1 Å². The molecule has 0 atom stereocenters. The Bertz CT molecular complexity index is 423. The lowest BCUT2D eigenvalue weighted by molar-refractivity contribution is 0.0691. The number of rotatable bonds is 5. The summed E-state index contributed by atoms with van der Waals surface area (Å²) in [6.07, 6.45) is 0.511. The Kier molecular flexibility index (Phi) is 5.75. The Labute approximate surface area is 115 Å². The van der Waals surface area contributed by atoms with Gasteiger partial charge in [0.2, 0.25) is 0 Å². The first-order valence-corrected chi connectivity index (χ1v) is 6.63. The zero-order valence-electron chi connectivity index (χ0n) is 10.5. The summed E-state index contributed by atoms with van der Waals surface area (Å²) in [7, 11) is 0. The van der Waals surface area contributed by atoms with E-state index in [0.717, 1.165) is 0 Å². The van der Waals surface area contributed by atoms with Crippen molar-refractivity contribution in [2.24, 2.45) is 0 Å². The van der Waals surface area contributed by atoms with E-state index < -0.39 is 5.82 Å². The van der Waals surface area contributed by atoms with Crippen LogP contribution in [-0.4, -0.2) is 35.1 Å². The molecule has 3 nitrogen and oxygen atoms in total. The maximum absolute atomic E-state index is 13.2. The Morgan fingerprint density at radius 1 is 1.50 bits per heavy atom. The van der Waals surface area contributed by atoms with Gasteiger partial charge in [-0.05, 0) is 54.4 Å². The van der Waals surface area contributed by atoms with Gasteiger partial charge in [0.15, 0.2) is 0 Å². The van der Waals surface area contributed by atoms with Crippen molar-refractivity contribution < 1.29 is 14.3 Å². The Morgan fingerprint density at radius 2 is 2.17 bits per heavy atom. The normalized spacial score (nSPS) is 10.8. The summed E-state index contributed by atoms with van der Waals surface area (Å²) >= 11 is 3.25. The van der Waals surface area contributed by atoms with Gasteiger partial charge in [0, 0.05) is 23.7 Å². The molecule has 0 fully saturated rings. The zero-order chi connectivity index (χ0) is 13.7. The van der Waals surface area contributed by atoms with Crippen molar-refractivity contribution in [1.29, 1.82) is 0 Å². The molecule has 0 aliphatic rings. The number of hydrogen-bond donors (Lipinski definition) is 1. The molecule has 1 rings (SSSR count). The highest BCUT2D eigenvalue weighted by Crippen LogP contribution is 2.20. The van der Waals surface area contributed by atoms with Crippen LogP contribution in [0.2, 0.25) is 0 Å². The van der Waals surface area contributed by atoms with Gasteiger partial charge in [-0.1, -0.05) is 0 Å². The van der Waals surface area contributed by atoms with Gasteiger partial charge in [-0.15, -0.1) is 0 Å². The number of hydrogen-bond acceptors (Lipinski definition) is 2. The molecular weight excluding hydrogens is 301 g/mol. The van der Waals surface area contributed by atoms with E-state index in [2.05, 4.69) is 15.9 Å². The molecule has 0 aliphatic carbocycles. The molecule has 0 radical (unpaired) electrons. The van der Waals surface area contributed by atoms with Gasteiger partial charge >= 0.3 is 0 Å². The van der Waals surface area contributed by atoms with Crippen LogP contribution < -0.4 is 0 Å². The number of carbonyl (C=O) groups is 1. The lowest BCUT2D eigenvalue weighted by Crippen LogP contribution is -2.38. The van der Waals surface area contributed by atoms with Crippen LogP contribution in [0.25, 0.3) is 0 Å². The van der Waals surface area contributed by atoms with Gasteiger partial charge in [-0.25, -0.2) is 4.39 Å². The highest BCUT2D eigenvalue weighted by molar-refractivity contribution is 9.10. The first kappa shape index (κ1) is 15.1. The predicted molar refractivity (Wildman–Crippen MR) is 72.0 cm³/mol. The first-order valence-electron chi connectivity index (χ1n) is 5.84. The molecule has 0 saturated carbocycles. The highest BCUT2D eigenvalue weighted by Gasteiger charge is 2.20. The first-order chi connectivity index (χ1) is 8.47. The standard InChI is InChI=1S/C13H17BrFNO2/c1-9(2)16(6-3-7-17)13(18)11-8-10(15)4-5-12(11)14/h4-5,8-9,17H,3,6-7H2,1-2H3. The van der Waals surface area contributed by atoms with Gasteiger partial charge < -0.3 is 10.0 Å². The van der Waals surface area contributed by atoms with Crippen LogP contribution in [-0.2, 0) is 0 Å². The van der Waals surface area contributed by atoms with Crippen molar-refractivity contribution >= 4 is 21.8 Å². The number of amides is 1. The Morgan fingerprint density at radius 3 is 2.72 bits per heavy atom. The van der Waals surface area contributed by atoms with Gasteiger partial charge in [-0.2, -0.15) is 0 Å². The predicted octanol–water partition coefficient (Wildman–Crippen LogP) is 2.82. The third kappa shape index (κ3) is 3.78. The fourth-order valence-corrected chi connectivity index (χ4v) is 2.07. The molecule has 1 amide bonds. The summed E-state index contributed by atoms with van der Waals surface area (Å²) in [5, 5.41) is 8.84. The van der Waals surface area contributed by atoms with Gasteiger partial charge in [0.05, 0.1) is 5.56 Å². The quantitative estimate of drug-likeness (QED) is 0.907. The largest absolute Gasteiger partial charge is 0.396 e. The lowest BCUT2D eigenvalue weighted by Gasteiger charge is -2.27. The van der Waals surface area contributed by atoms with Crippen molar-refractivity contribution in [1.82, 2.24) is 4.90 Å². The van der Waals surface area contributed by atoms with Gasteiger partial charge in [-0.3, -0.25) is 4.79 Å². The zero-order valence-corrected chi connectivity index (χ0v) is 12.1. The number of benzene rings is 1. The second kappa shape index (κ2) is 6.85. The molecule has 0 heterocycles. The number of aliphatic hydroxyl groups excluding tert-OH is 1. The third-order valence-electron chi connectivity index (χ3n) is 2.60. The van der Waals surface area contributed by atoms with Crippen LogP contribution >= 0.6 is 15.9 Å². The van der Waals surface area contributed by atoms with Crippen molar-refractivity contribution in [2.45, 2.75) is 26.3 Å². The van der Waals surface area contributed by atoms with E-state index in [1.165, 1.54) is 18.2 Å². The van der Waals surface area contributed by atoms with Crippen LogP contribution in [0, 0.1) is 5.82 Å². The van der Waals surface area contributed by atoms with Crippen LogP contribution in [0.4, 0.5) is 4.39 Å². The van der Waals surface area contributed by atoms with E-state index in [4.69, 9.17) is 5.11 Å². The fraction of sp³-hybridized carbons (Fsp3) is 0.462. The number of aliphatic hydroxyl groups is 1. The van der Waals surface area contributed by atoms with Crippen LogP contribution in [0.3, 0.4) is 0 Å². The Hall–Kier alpha value is -0.940. The minimum Gasteiger partial charge on any atom is -0.396 e. The van der Waals surface area contributed by atoms with E-state index in [1.54, 1.807) is 4.90 Å². The van der Waals surface area contributed by atoms with Crippen LogP contribution in [0.1, 0.15) is 30.6 Å². The average Bonchev–Trinajstić information content (AvgIpc) is 2.32. The van der Waals surface area contributed by atoms with E-state index >= 15 is 0 Å².